The van der Waals surface area contributed by atoms with Gasteiger partial charge in [-0.3, -0.25) is 0 Å². The highest BCUT2D eigenvalue weighted by Crippen LogP contribution is 2.32. The van der Waals surface area contributed by atoms with Crippen molar-refractivity contribution in [1.82, 2.24) is 4.98 Å². The highest BCUT2D eigenvalue weighted by atomic mass is 35.5. The fraction of sp³-hybridized carbons (Fsp3) is 0. The molecule has 2 rings (SSSR count). The van der Waals surface area contributed by atoms with Crippen molar-refractivity contribution in [3.8, 4) is 10.4 Å². The molecule has 0 amide bonds. The van der Waals surface area contributed by atoms with Crippen LogP contribution >= 0.6 is 22.9 Å². The molecule has 0 saturated heterocycles. The van der Waals surface area contributed by atoms with E-state index in [0.29, 0.717) is 10.4 Å². The summed E-state index contributed by atoms with van der Waals surface area (Å²) >= 11 is 6.71. The smallest absolute Gasteiger partial charge is 0.356 e. The van der Waals surface area contributed by atoms with Crippen LogP contribution in [0.5, 0.6) is 0 Å². The lowest BCUT2D eigenvalue weighted by Gasteiger charge is -1.98. The van der Waals surface area contributed by atoms with E-state index in [1.54, 1.807) is 0 Å². The average molecular weight is 258 g/mol. The van der Waals surface area contributed by atoms with Crippen molar-refractivity contribution in [2.75, 3.05) is 0 Å². The molecule has 0 saturated carbocycles. The molecule has 82 valence electrons. The molecule has 6 heteroatoms. The first-order valence-corrected chi connectivity index (χ1v) is 5.43. The Balaban J connectivity index is 2.55. The number of benzene rings is 1. The van der Waals surface area contributed by atoms with Crippen molar-refractivity contribution in [3.05, 3.63) is 40.2 Å². The Bertz CT molecular complexity index is 538. The number of hydrogen-bond acceptors (Lipinski definition) is 3. The molecule has 0 aliphatic heterocycles. The zero-order valence-corrected chi connectivity index (χ0v) is 9.35. The van der Waals surface area contributed by atoms with Gasteiger partial charge < -0.3 is 5.11 Å². The van der Waals surface area contributed by atoms with Gasteiger partial charge in [-0.2, -0.15) is 0 Å². The van der Waals surface area contributed by atoms with Crippen LogP contribution < -0.4 is 0 Å². The predicted octanol–water partition coefficient (Wildman–Crippen LogP) is 3.30. The van der Waals surface area contributed by atoms with E-state index in [0.717, 1.165) is 11.3 Å². The molecule has 0 spiro atoms. The van der Waals surface area contributed by atoms with Gasteiger partial charge >= 0.3 is 5.97 Å². The lowest BCUT2D eigenvalue weighted by Crippen LogP contribution is -1.98. The van der Waals surface area contributed by atoms with Gasteiger partial charge in [-0.15, -0.1) is 11.3 Å². The lowest BCUT2D eigenvalue weighted by molar-refractivity contribution is 0.0692. The molecule has 3 nitrogen and oxygen atoms in total. The molecule has 0 atom stereocenters. The van der Waals surface area contributed by atoms with Crippen LogP contribution in [0.1, 0.15) is 10.5 Å². The van der Waals surface area contributed by atoms with Crippen LogP contribution in [0.3, 0.4) is 0 Å². The van der Waals surface area contributed by atoms with Crippen molar-refractivity contribution < 1.29 is 14.3 Å². The van der Waals surface area contributed by atoms with Crippen molar-refractivity contribution in [3.63, 3.8) is 0 Å². The number of nitrogens with zero attached hydrogens (tertiary/aromatic N) is 1. The van der Waals surface area contributed by atoms with E-state index in [9.17, 15) is 9.18 Å². The molecule has 0 fully saturated rings. The highest BCUT2D eigenvalue weighted by molar-refractivity contribution is 7.19. The zero-order valence-electron chi connectivity index (χ0n) is 7.78. The summed E-state index contributed by atoms with van der Waals surface area (Å²) in [6, 6.07) is 5.50. The summed E-state index contributed by atoms with van der Waals surface area (Å²) in [6.45, 7) is 0. The minimum absolute atomic E-state index is 0.110. The van der Waals surface area contributed by atoms with E-state index in [-0.39, 0.29) is 16.0 Å². The Morgan fingerprint density at radius 1 is 1.38 bits per heavy atom. The minimum Gasteiger partial charge on any atom is -0.476 e. The zero-order chi connectivity index (χ0) is 11.7. The second-order valence-corrected chi connectivity index (χ2v) is 4.54. The molecule has 16 heavy (non-hydrogen) atoms. The van der Waals surface area contributed by atoms with Gasteiger partial charge in [0, 0.05) is 0 Å². The third kappa shape index (κ3) is 2.05. The standard InChI is InChI=1S/C10H5ClFNO2S/c11-10-13-7(9(14)15)8(16-10)5-1-3-6(12)4-2-5/h1-4H,(H,14,15). The van der Waals surface area contributed by atoms with Gasteiger partial charge in [0.1, 0.15) is 5.82 Å². The Kier molecular flexibility index (Phi) is 2.89. The molecule has 0 bridgehead atoms. The number of aromatic nitrogens is 1. The van der Waals surface area contributed by atoms with Crippen molar-refractivity contribution in [1.29, 1.82) is 0 Å². The molecular weight excluding hydrogens is 253 g/mol. The molecule has 0 unspecified atom stereocenters. The number of carboxylic acids is 1. The number of rotatable bonds is 2. The molecule has 0 aliphatic carbocycles. The Morgan fingerprint density at radius 2 is 2.00 bits per heavy atom. The molecule has 0 aliphatic rings. The van der Waals surface area contributed by atoms with Crippen LogP contribution in [-0.4, -0.2) is 16.1 Å². The SMILES string of the molecule is O=C(O)c1nc(Cl)sc1-c1ccc(F)cc1. The van der Waals surface area contributed by atoms with E-state index in [2.05, 4.69) is 4.98 Å². The number of carboxylic acid groups (broad SMARTS) is 1. The second kappa shape index (κ2) is 4.19. The monoisotopic (exact) mass is 257 g/mol. The Labute approximate surface area is 99.1 Å². The third-order valence-corrected chi connectivity index (χ3v) is 3.12. The van der Waals surface area contributed by atoms with Crippen LogP contribution in [0, 0.1) is 5.82 Å². The van der Waals surface area contributed by atoms with E-state index in [1.165, 1.54) is 24.3 Å². The molecule has 1 aromatic carbocycles. The summed E-state index contributed by atoms with van der Waals surface area (Å²) in [7, 11) is 0. The van der Waals surface area contributed by atoms with Gasteiger partial charge in [-0.25, -0.2) is 14.2 Å². The molecule has 1 aromatic heterocycles. The third-order valence-electron chi connectivity index (χ3n) is 1.91. The Morgan fingerprint density at radius 3 is 2.56 bits per heavy atom. The van der Waals surface area contributed by atoms with Crippen molar-refractivity contribution in [2.45, 2.75) is 0 Å². The topological polar surface area (TPSA) is 50.2 Å². The number of thiazole rings is 1. The van der Waals surface area contributed by atoms with E-state index >= 15 is 0 Å². The molecule has 1 N–H and O–H groups in total. The molecule has 2 aromatic rings. The fourth-order valence-corrected chi connectivity index (χ4v) is 2.34. The predicted molar refractivity (Wildman–Crippen MR) is 59.5 cm³/mol. The fourth-order valence-electron chi connectivity index (χ4n) is 1.24. The van der Waals surface area contributed by atoms with Crippen LogP contribution in [0.2, 0.25) is 4.47 Å². The second-order valence-electron chi connectivity index (χ2n) is 2.96. The number of carbonyl (C=O) groups is 1. The Hall–Kier alpha value is -1.46. The first kappa shape index (κ1) is 11.0. The maximum absolute atomic E-state index is 12.7. The molecule has 1 heterocycles. The van der Waals surface area contributed by atoms with E-state index in [4.69, 9.17) is 16.7 Å². The number of aromatic carboxylic acids is 1. The maximum Gasteiger partial charge on any atom is 0.356 e. The summed E-state index contributed by atoms with van der Waals surface area (Å²) in [5.74, 6) is -1.53. The van der Waals surface area contributed by atoms with Gasteiger partial charge in [0.2, 0.25) is 0 Å². The minimum atomic E-state index is -1.15. The van der Waals surface area contributed by atoms with Gasteiger partial charge in [-0.1, -0.05) is 23.7 Å². The summed E-state index contributed by atoms with van der Waals surface area (Å²) in [4.78, 5) is 15.0. The van der Waals surface area contributed by atoms with E-state index < -0.39 is 5.97 Å². The largest absolute Gasteiger partial charge is 0.476 e. The average Bonchev–Trinajstić information content (AvgIpc) is 2.61. The number of halogens is 2. The van der Waals surface area contributed by atoms with Crippen molar-refractivity contribution >= 4 is 28.9 Å². The van der Waals surface area contributed by atoms with Crippen molar-refractivity contribution in [2.24, 2.45) is 0 Å². The molecule has 0 radical (unpaired) electrons. The summed E-state index contributed by atoms with van der Waals surface area (Å²) < 4.78 is 12.9. The lowest BCUT2D eigenvalue weighted by atomic mass is 10.1. The van der Waals surface area contributed by atoms with Gasteiger partial charge in [0.15, 0.2) is 10.2 Å². The summed E-state index contributed by atoms with van der Waals surface area (Å²) in [5, 5.41) is 8.91. The maximum atomic E-state index is 12.7. The quantitative estimate of drug-likeness (QED) is 0.898. The van der Waals surface area contributed by atoms with Gasteiger partial charge in [0.25, 0.3) is 0 Å². The molecular formula is C10H5ClFNO2S. The first-order chi connectivity index (χ1) is 7.58. The first-order valence-electron chi connectivity index (χ1n) is 4.23. The highest BCUT2D eigenvalue weighted by Gasteiger charge is 2.17. The normalized spacial score (nSPS) is 10.4. The van der Waals surface area contributed by atoms with Crippen LogP contribution in [0.15, 0.2) is 24.3 Å². The van der Waals surface area contributed by atoms with Crippen LogP contribution in [0.25, 0.3) is 10.4 Å². The van der Waals surface area contributed by atoms with Crippen LogP contribution in [-0.2, 0) is 0 Å². The van der Waals surface area contributed by atoms with Crippen LogP contribution in [0.4, 0.5) is 4.39 Å². The summed E-state index contributed by atoms with van der Waals surface area (Å²) in [5.41, 5.74) is 0.477. The van der Waals surface area contributed by atoms with Gasteiger partial charge in [0.05, 0.1) is 4.88 Å². The summed E-state index contributed by atoms with van der Waals surface area (Å²) in [6.07, 6.45) is 0. The van der Waals surface area contributed by atoms with E-state index in [1.807, 2.05) is 0 Å². The number of hydrogen-bond donors (Lipinski definition) is 1. The van der Waals surface area contributed by atoms with Gasteiger partial charge in [-0.05, 0) is 17.7 Å².